The van der Waals surface area contributed by atoms with Crippen LogP contribution in [0.1, 0.15) is 18.2 Å². The van der Waals surface area contributed by atoms with E-state index in [2.05, 4.69) is 33.3 Å². The molecule has 8 heteroatoms. The van der Waals surface area contributed by atoms with Gasteiger partial charge in [-0.1, -0.05) is 17.3 Å². The summed E-state index contributed by atoms with van der Waals surface area (Å²) in [7, 11) is 1.67. The molecule has 1 saturated heterocycles. The number of rotatable bonds is 9. The molecular formula is C21H31N5O3. The third-order valence-electron chi connectivity index (χ3n) is 4.75. The van der Waals surface area contributed by atoms with Crippen molar-refractivity contribution in [3.63, 3.8) is 0 Å². The van der Waals surface area contributed by atoms with Gasteiger partial charge in [-0.3, -0.25) is 4.90 Å². The van der Waals surface area contributed by atoms with E-state index in [-0.39, 0.29) is 0 Å². The second-order valence-corrected chi connectivity index (χ2v) is 6.91. The van der Waals surface area contributed by atoms with Crippen LogP contribution in [0.5, 0.6) is 5.75 Å². The van der Waals surface area contributed by atoms with E-state index >= 15 is 0 Å². The lowest BCUT2D eigenvalue weighted by Crippen LogP contribution is -2.52. The summed E-state index contributed by atoms with van der Waals surface area (Å²) in [6.45, 7) is 9.32. The average Bonchev–Trinajstić information content (AvgIpc) is 3.25. The molecule has 0 saturated carbocycles. The third-order valence-corrected chi connectivity index (χ3v) is 4.75. The van der Waals surface area contributed by atoms with Crippen LogP contribution in [-0.4, -0.2) is 74.0 Å². The molecule has 29 heavy (non-hydrogen) atoms. The van der Waals surface area contributed by atoms with Crippen LogP contribution in [-0.2, 0) is 17.8 Å². The van der Waals surface area contributed by atoms with Crippen LogP contribution in [0.25, 0.3) is 0 Å². The van der Waals surface area contributed by atoms with Crippen molar-refractivity contribution in [2.45, 2.75) is 20.0 Å². The van der Waals surface area contributed by atoms with Gasteiger partial charge in [-0.15, -0.1) is 0 Å². The molecule has 1 aliphatic heterocycles. The minimum atomic E-state index is 0.546. The molecule has 0 radical (unpaired) electrons. The van der Waals surface area contributed by atoms with E-state index in [1.807, 2.05) is 24.3 Å². The molecule has 1 fully saturated rings. The van der Waals surface area contributed by atoms with Crippen molar-refractivity contribution in [2.75, 3.05) is 53.0 Å². The standard InChI is InChI=1S/C21H31N5O3/c1-3-22-21(23-16-18-5-4-6-20(15-18)28-14-13-27-2)26-10-8-25(9-11-26)17-19-7-12-29-24-19/h4-7,12,15H,3,8-11,13-14,16-17H2,1-2H3,(H,22,23). The highest BCUT2D eigenvalue weighted by Crippen LogP contribution is 2.14. The molecule has 2 heterocycles. The van der Waals surface area contributed by atoms with Crippen LogP contribution in [0.3, 0.4) is 0 Å². The highest BCUT2D eigenvalue weighted by Gasteiger charge is 2.20. The summed E-state index contributed by atoms with van der Waals surface area (Å²) in [6.07, 6.45) is 1.62. The Labute approximate surface area is 172 Å². The van der Waals surface area contributed by atoms with Crippen molar-refractivity contribution in [1.29, 1.82) is 0 Å². The molecule has 0 bridgehead atoms. The maximum Gasteiger partial charge on any atom is 0.194 e. The molecule has 1 aliphatic rings. The minimum Gasteiger partial charge on any atom is -0.491 e. The fourth-order valence-corrected chi connectivity index (χ4v) is 3.23. The predicted octanol–water partition coefficient (Wildman–Crippen LogP) is 1.98. The van der Waals surface area contributed by atoms with E-state index in [0.717, 1.165) is 62.2 Å². The molecule has 1 N–H and O–H groups in total. The Hall–Kier alpha value is -2.58. The minimum absolute atomic E-state index is 0.546. The Morgan fingerprint density at radius 3 is 2.79 bits per heavy atom. The van der Waals surface area contributed by atoms with Gasteiger partial charge < -0.3 is 24.2 Å². The summed E-state index contributed by atoms with van der Waals surface area (Å²) in [6, 6.07) is 10.0. The highest BCUT2D eigenvalue weighted by molar-refractivity contribution is 5.80. The van der Waals surface area contributed by atoms with Crippen molar-refractivity contribution in [1.82, 2.24) is 20.3 Å². The summed E-state index contributed by atoms with van der Waals surface area (Å²) >= 11 is 0. The van der Waals surface area contributed by atoms with Gasteiger partial charge in [-0.2, -0.15) is 0 Å². The maximum absolute atomic E-state index is 5.70. The number of aromatic nitrogens is 1. The number of aliphatic imine (C=N–C) groups is 1. The van der Waals surface area contributed by atoms with E-state index < -0.39 is 0 Å². The first-order chi connectivity index (χ1) is 14.3. The SMILES string of the molecule is CCNC(=NCc1cccc(OCCOC)c1)N1CCN(Cc2ccon2)CC1. The van der Waals surface area contributed by atoms with E-state index in [9.17, 15) is 0 Å². The highest BCUT2D eigenvalue weighted by atomic mass is 16.5. The van der Waals surface area contributed by atoms with Crippen molar-refractivity contribution in [3.8, 4) is 5.75 Å². The summed E-state index contributed by atoms with van der Waals surface area (Å²) in [5.41, 5.74) is 2.10. The number of hydrogen-bond donors (Lipinski definition) is 1. The Kier molecular flexibility index (Phi) is 8.33. The van der Waals surface area contributed by atoms with Gasteiger partial charge in [0.2, 0.25) is 0 Å². The molecule has 1 aromatic heterocycles. The number of nitrogens with zero attached hydrogens (tertiary/aromatic N) is 4. The Bertz CT molecular complexity index is 743. The molecule has 2 aromatic rings. The van der Waals surface area contributed by atoms with Gasteiger partial charge in [0.05, 0.1) is 18.8 Å². The largest absolute Gasteiger partial charge is 0.491 e. The second kappa shape index (κ2) is 11.4. The van der Waals surface area contributed by atoms with Gasteiger partial charge in [-0.25, -0.2) is 4.99 Å². The van der Waals surface area contributed by atoms with Crippen molar-refractivity contribution in [3.05, 3.63) is 47.9 Å². The zero-order valence-corrected chi connectivity index (χ0v) is 17.3. The van der Waals surface area contributed by atoms with Crippen molar-refractivity contribution in [2.24, 2.45) is 4.99 Å². The van der Waals surface area contributed by atoms with E-state index in [4.69, 9.17) is 19.0 Å². The molecule has 3 rings (SSSR count). The summed E-state index contributed by atoms with van der Waals surface area (Å²) in [5, 5.41) is 7.43. The van der Waals surface area contributed by atoms with Gasteiger partial charge in [0.25, 0.3) is 0 Å². The van der Waals surface area contributed by atoms with Crippen LogP contribution in [0, 0.1) is 0 Å². The number of ether oxygens (including phenoxy) is 2. The fourth-order valence-electron chi connectivity index (χ4n) is 3.23. The second-order valence-electron chi connectivity index (χ2n) is 6.91. The smallest absolute Gasteiger partial charge is 0.194 e. The van der Waals surface area contributed by atoms with Crippen molar-refractivity contribution < 1.29 is 14.0 Å². The molecule has 0 amide bonds. The summed E-state index contributed by atoms with van der Waals surface area (Å²) in [5.74, 6) is 1.81. The van der Waals surface area contributed by atoms with Crippen LogP contribution in [0.15, 0.2) is 46.1 Å². The Morgan fingerprint density at radius 1 is 1.21 bits per heavy atom. The van der Waals surface area contributed by atoms with Gasteiger partial charge in [0.1, 0.15) is 18.6 Å². The van der Waals surface area contributed by atoms with Gasteiger partial charge in [0.15, 0.2) is 5.96 Å². The van der Waals surface area contributed by atoms with Crippen LogP contribution >= 0.6 is 0 Å². The lowest BCUT2D eigenvalue weighted by Gasteiger charge is -2.36. The van der Waals surface area contributed by atoms with E-state index in [1.165, 1.54) is 0 Å². The first-order valence-corrected chi connectivity index (χ1v) is 10.1. The fraction of sp³-hybridized carbons (Fsp3) is 0.524. The first-order valence-electron chi connectivity index (χ1n) is 10.1. The number of piperazine rings is 1. The van der Waals surface area contributed by atoms with Crippen LogP contribution < -0.4 is 10.1 Å². The molecule has 1 aromatic carbocycles. The zero-order valence-electron chi connectivity index (χ0n) is 17.3. The van der Waals surface area contributed by atoms with Crippen LogP contribution in [0.2, 0.25) is 0 Å². The lowest BCUT2D eigenvalue weighted by molar-refractivity contribution is 0.146. The molecule has 0 unspecified atom stereocenters. The molecule has 158 valence electrons. The number of nitrogens with one attached hydrogen (secondary N) is 1. The number of hydrogen-bond acceptors (Lipinski definition) is 6. The topological polar surface area (TPSA) is 75.4 Å². The summed E-state index contributed by atoms with van der Waals surface area (Å²) in [4.78, 5) is 9.56. The molecule has 0 spiro atoms. The molecule has 0 aliphatic carbocycles. The van der Waals surface area contributed by atoms with Crippen molar-refractivity contribution >= 4 is 5.96 Å². The lowest BCUT2D eigenvalue weighted by atomic mass is 10.2. The molecular weight excluding hydrogens is 370 g/mol. The van der Waals surface area contributed by atoms with Crippen LogP contribution in [0.4, 0.5) is 0 Å². The Morgan fingerprint density at radius 2 is 2.07 bits per heavy atom. The predicted molar refractivity (Wildman–Crippen MR) is 112 cm³/mol. The summed E-state index contributed by atoms with van der Waals surface area (Å²) < 4.78 is 15.7. The maximum atomic E-state index is 5.70. The van der Waals surface area contributed by atoms with E-state index in [0.29, 0.717) is 19.8 Å². The average molecular weight is 402 g/mol. The first kappa shape index (κ1) is 21.1. The van der Waals surface area contributed by atoms with Gasteiger partial charge >= 0.3 is 0 Å². The molecule has 8 nitrogen and oxygen atoms in total. The molecule has 0 atom stereocenters. The number of methoxy groups -OCH3 is 1. The number of guanidine groups is 1. The quantitative estimate of drug-likeness (QED) is 0.391. The third kappa shape index (κ3) is 6.76. The number of benzene rings is 1. The van der Waals surface area contributed by atoms with Gasteiger partial charge in [0, 0.05) is 52.4 Å². The normalized spacial score (nSPS) is 15.5. The monoisotopic (exact) mass is 401 g/mol. The van der Waals surface area contributed by atoms with E-state index in [1.54, 1.807) is 13.4 Å². The Balaban J connectivity index is 1.54. The zero-order chi connectivity index (χ0) is 20.3. The van der Waals surface area contributed by atoms with Gasteiger partial charge in [-0.05, 0) is 24.6 Å².